The predicted molar refractivity (Wildman–Crippen MR) is 163 cm³/mol. The van der Waals surface area contributed by atoms with Gasteiger partial charge in [0.1, 0.15) is 42.2 Å². The standard InChI is InChI=1S/C31H47N3O12/c1-20(37)9-12-31(11-4-15-35,34-29(42)22-5-7-23(43-3)8-6-22)13-10-25(39)32-14-16-44-17-18-45-30-26(33-21(2)38)28(41)27(40)24(19-36)46-30/h5-8,15,24,26-28,30,36,40-41H,4,9-14,16-19H2,1-3H3,(H,32,39)(H,33,38)(H,34,42). The average molecular weight is 654 g/mol. The molecule has 0 radical (unpaired) electrons. The smallest absolute Gasteiger partial charge is 0.251 e. The van der Waals surface area contributed by atoms with Crippen LogP contribution in [0.2, 0.25) is 0 Å². The number of amides is 3. The van der Waals surface area contributed by atoms with Crippen LogP contribution in [-0.4, -0.2) is 121 Å². The van der Waals surface area contributed by atoms with Crippen LogP contribution in [0.5, 0.6) is 5.75 Å². The van der Waals surface area contributed by atoms with Gasteiger partial charge in [-0.25, -0.2) is 0 Å². The van der Waals surface area contributed by atoms with Crippen LogP contribution in [0.15, 0.2) is 24.3 Å². The van der Waals surface area contributed by atoms with Gasteiger partial charge < -0.3 is 59.8 Å². The summed E-state index contributed by atoms with van der Waals surface area (Å²) in [7, 11) is 1.51. The fourth-order valence-corrected chi connectivity index (χ4v) is 5.01. The van der Waals surface area contributed by atoms with Gasteiger partial charge in [0.25, 0.3) is 5.91 Å². The number of carbonyl (C=O) groups is 5. The summed E-state index contributed by atoms with van der Waals surface area (Å²) in [6.07, 6.45) is -3.32. The van der Waals surface area contributed by atoms with E-state index in [4.69, 9.17) is 18.9 Å². The monoisotopic (exact) mass is 653 g/mol. The molecule has 15 heteroatoms. The van der Waals surface area contributed by atoms with Gasteiger partial charge in [0.15, 0.2) is 6.29 Å². The summed E-state index contributed by atoms with van der Waals surface area (Å²) >= 11 is 0. The molecule has 1 aliphatic heterocycles. The van der Waals surface area contributed by atoms with Crippen molar-refractivity contribution in [3.8, 4) is 5.75 Å². The fourth-order valence-electron chi connectivity index (χ4n) is 5.01. The maximum atomic E-state index is 13.1. The summed E-state index contributed by atoms with van der Waals surface area (Å²) in [5.41, 5.74) is -0.601. The molecule has 1 aromatic rings. The van der Waals surface area contributed by atoms with Crippen LogP contribution in [-0.2, 0) is 33.4 Å². The van der Waals surface area contributed by atoms with E-state index in [0.29, 0.717) is 11.3 Å². The molecule has 2 rings (SSSR count). The Bertz CT molecular complexity index is 1130. The molecular weight excluding hydrogens is 606 g/mol. The van der Waals surface area contributed by atoms with E-state index in [-0.39, 0.29) is 76.6 Å². The number of aldehydes is 1. The molecule has 6 N–H and O–H groups in total. The van der Waals surface area contributed by atoms with Gasteiger partial charge in [-0.2, -0.15) is 0 Å². The van der Waals surface area contributed by atoms with Gasteiger partial charge in [0.2, 0.25) is 11.8 Å². The molecule has 6 unspecified atom stereocenters. The number of ether oxygens (including phenoxy) is 4. The number of carbonyl (C=O) groups excluding carboxylic acids is 5. The fraction of sp³-hybridized carbons (Fsp3) is 0.645. The lowest BCUT2D eigenvalue weighted by molar-refractivity contribution is -0.272. The van der Waals surface area contributed by atoms with Crippen LogP contribution in [0.3, 0.4) is 0 Å². The maximum absolute atomic E-state index is 13.1. The molecule has 258 valence electrons. The summed E-state index contributed by atoms with van der Waals surface area (Å²) < 4.78 is 21.7. The van der Waals surface area contributed by atoms with Crippen molar-refractivity contribution in [3.05, 3.63) is 29.8 Å². The second-order valence-electron chi connectivity index (χ2n) is 11.1. The minimum atomic E-state index is -1.42. The van der Waals surface area contributed by atoms with Crippen LogP contribution in [0.4, 0.5) is 0 Å². The summed E-state index contributed by atoms with van der Waals surface area (Å²) in [6.45, 7) is 2.47. The van der Waals surface area contributed by atoms with Crippen LogP contribution < -0.4 is 20.7 Å². The second-order valence-corrected chi connectivity index (χ2v) is 11.1. The first-order valence-electron chi connectivity index (χ1n) is 15.2. The highest BCUT2D eigenvalue weighted by Crippen LogP contribution is 2.27. The van der Waals surface area contributed by atoms with Crippen LogP contribution in [0.1, 0.15) is 62.7 Å². The molecule has 1 aromatic carbocycles. The summed E-state index contributed by atoms with van der Waals surface area (Å²) in [5.74, 6) is -0.676. The number of rotatable bonds is 21. The Morgan fingerprint density at radius 1 is 0.978 bits per heavy atom. The molecule has 1 aliphatic rings. The molecule has 1 heterocycles. The number of nitrogens with one attached hydrogen (secondary N) is 3. The van der Waals surface area contributed by atoms with E-state index < -0.39 is 54.6 Å². The number of hydrogen-bond donors (Lipinski definition) is 6. The number of methoxy groups -OCH3 is 1. The van der Waals surface area contributed by atoms with Crippen molar-refractivity contribution in [3.63, 3.8) is 0 Å². The van der Waals surface area contributed by atoms with Crippen molar-refractivity contribution in [2.45, 2.75) is 88.6 Å². The lowest BCUT2D eigenvalue weighted by Gasteiger charge is -2.42. The summed E-state index contributed by atoms with van der Waals surface area (Å²) in [6, 6.07) is 5.43. The Labute approximate surface area is 268 Å². The molecule has 15 nitrogen and oxygen atoms in total. The third-order valence-corrected chi connectivity index (χ3v) is 7.59. The molecule has 3 amide bonds. The number of hydrogen-bond acceptors (Lipinski definition) is 12. The van der Waals surface area contributed by atoms with Crippen LogP contribution in [0.25, 0.3) is 0 Å². The molecular formula is C31H47N3O12. The summed E-state index contributed by atoms with van der Waals surface area (Å²) in [5, 5.41) is 38.0. The van der Waals surface area contributed by atoms with E-state index in [9.17, 15) is 39.3 Å². The van der Waals surface area contributed by atoms with Crippen molar-refractivity contribution in [1.29, 1.82) is 0 Å². The lowest BCUT2D eigenvalue weighted by atomic mass is 9.82. The van der Waals surface area contributed by atoms with E-state index in [1.807, 2.05) is 0 Å². The molecule has 0 aliphatic carbocycles. The second kappa shape index (κ2) is 19.9. The van der Waals surface area contributed by atoms with Crippen LogP contribution >= 0.6 is 0 Å². The van der Waals surface area contributed by atoms with Gasteiger partial charge in [-0.1, -0.05) is 0 Å². The predicted octanol–water partition coefficient (Wildman–Crippen LogP) is -0.615. The molecule has 0 spiro atoms. The van der Waals surface area contributed by atoms with Crippen LogP contribution in [0, 0.1) is 0 Å². The van der Waals surface area contributed by atoms with Crippen molar-refractivity contribution in [2.24, 2.45) is 0 Å². The molecule has 0 bridgehead atoms. The summed E-state index contributed by atoms with van der Waals surface area (Å²) in [4.78, 5) is 60.4. The van der Waals surface area contributed by atoms with Gasteiger partial charge >= 0.3 is 0 Å². The number of benzene rings is 1. The SMILES string of the molecule is COc1ccc(C(=O)NC(CCC=O)(CCC(C)=O)CCC(=O)NCCOCCOC2OC(CO)C(O)C(O)C2NC(C)=O)cc1. The first-order valence-corrected chi connectivity index (χ1v) is 15.2. The van der Waals surface area contributed by atoms with Gasteiger partial charge in [-0.05, 0) is 50.5 Å². The Balaban J connectivity index is 1.86. The largest absolute Gasteiger partial charge is 0.497 e. The van der Waals surface area contributed by atoms with E-state index in [0.717, 1.165) is 6.29 Å². The zero-order valence-corrected chi connectivity index (χ0v) is 26.6. The highest BCUT2D eigenvalue weighted by molar-refractivity contribution is 5.95. The molecule has 46 heavy (non-hydrogen) atoms. The number of ketones is 1. The molecule has 1 saturated heterocycles. The minimum Gasteiger partial charge on any atom is -0.497 e. The van der Waals surface area contributed by atoms with Crippen molar-refractivity contribution < 1.29 is 58.2 Å². The molecule has 6 atom stereocenters. The Morgan fingerprint density at radius 2 is 1.67 bits per heavy atom. The van der Waals surface area contributed by atoms with Gasteiger partial charge in [0, 0.05) is 43.8 Å². The average Bonchev–Trinajstić information content (AvgIpc) is 3.04. The van der Waals surface area contributed by atoms with E-state index in [1.165, 1.54) is 21.0 Å². The molecule has 0 aromatic heterocycles. The normalized spacial score (nSPS) is 22.3. The zero-order chi connectivity index (χ0) is 34.1. The first-order chi connectivity index (χ1) is 21.9. The molecule has 1 fully saturated rings. The van der Waals surface area contributed by atoms with E-state index >= 15 is 0 Å². The first kappa shape index (κ1) is 38.7. The number of aliphatic hydroxyl groups excluding tert-OH is 3. The third-order valence-electron chi connectivity index (χ3n) is 7.59. The van der Waals surface area contributed by atoms with Gasteiger partial charge in [-0.15, -0.1) is 0 Å². The number of Topliss-reactive ketones (excluding diaryl/α,β-unsaturated/α-hetero) is 1. The highest BCUT2D eigenvalue weighted by Gasteiger charge is 2.45. The Morgan fingerprint density at radius 3 is 2.28 bits per heavy atom. The van der Waals surface area contributed by atoms with Crippen molar-refractivity contribution in [1.82, 2.24) is 16.0 Å². The topological polar surface area (TPSA) is 219 Å². The number of aliphatic hydroxyl groups is 3. The quantitative estimate of drug-likeness (QED) is 0.0723. The van der Waals surface area contributed by atoms with E-state index in [1.54, 1.807) is 24.3 Å². The zero-order valence-electron chi connectivity index (χ0n) is 26.6. The lowest BCUT2D eigenvalue weighted by Crippen LogP contribution is -2.64. The minimum absolute atomic E-state index is 0.0149. The van der Waals surface area contributed by atoms with E-state index in [2.05, 4.69) is 16.0 Å². The van der Waals surface area contributed by atoms with Crippen molar-refractivity contribution >= 4 is 29.8 Å². The van der Waals surface area contributed by atoms with Gasteiger partial charge in [-0.3, -0.25) is 14.4 Å². The Kier molecular flexibility index (Phi) is 16.8. The molecule has 0 saturated carbocycles. The third kappa shape index (κ3) is 12.7. The van der Waals surface area contributed by atoms with Gasteiger partial charge in [0.05, 0.1) is 33.5 Å². The Hall–Kier alpha value is -3.47. The maximum Gasteiger partial charge on any atom is 0.251 e. The van der Waals surface area contributed by atoms with Crippen molar-refractivity contribution in [2.75, 3.05) is 40.1 Å². The highest BCUT2D eigenvalue weighted by atomic mass is 16.7.